The third kappa shape index (κ3) is 3.81. The van der Waals surface area contributed by atoms with E-state index in [0.717, 1.165) is 12.8 Å². The lowest BCUT2D eigenvalue weighted by molar-refractivity contribution is -0.113. The van der Waals surface area contributed by atoms with Crippen LogP contribution in [-0.4, -0.2) is 10.9 Å². The lowest BCUT2D eigenvalue weighted by Gasteiger charge is -2.02. The van der Waals surface area contributed by atoms with Crippen LogP contribution in [0, 0.1) is 0 Å². The molecule has 0 fully saturated rings. The average Bonchev–Trinajstić information content (AvgIpc) is 1.87. The van der Waals surface area contributed by atoms with E-state index in [4.69, 9.17) is 5.11 Å². The molecule has 0 saturated carbocycles. The van der Waals surface area contributed by atoms with Gasteiger partial charge in [0.05, 0.1) is 5.76 Å². The van der Waals surface area contributed by atoms with Gasteiger partial charge in [-0.05, 0) is 26.7 Å². The first-order chi connectivity index (χ1) is 5.09. The largest absolute Gasteiger partial charge is 0.512 e. The summed E-state index contributed by atoms with van der Waals surface area (Å²) < 4.78 is 0. The lowest BCUT2D eigenvalue weighted by atomic mass is 10.0. The molecule has 0 aliphatic heterocycles. The standard InChI is InChI=1S/C9H16O2/c1-4-5-6-9(7(2)10)8(3)11/h10H,4-6H2,1-3H3/b9-7-. The van der Waals surface area contributed by atoms with Gasteiger partial charge >= 0.3 is 0 Å². The predicted octanol–water partition coefficient (Wildman–Crippen LogP) is 2.60. The van der Waals surface area contributed by atoms with Gasteiger partial charge in [0, 0.05) is 5.57 Å². The second-order valence-corrected chi connectivity index (χ2v) is 2.72. The van der Waals surface area contributed by atoms with E-state index in [0.29, 0.717) is 12.0 Å². The van der Waals surface area contributed by atoms with E-state index in [9.17, 15) is 4.79 Å². The van der Waals surface area contributed by atoms with Crippen molar-refractivity contribution in [2.75, 3.05) is 0 Å². The zero-order chi connectivity index (χ0) is 8.85. The van der Waals surface area contributed by atoms with Crippen LogP contribution < -0.4 is 0 Å². The summed E-state index contributed by atoms with van der Waals surface area (Å²) in [5.74, 6) is 0.157. The van der Waals surface area contributed by atoms with E-state index in [1.807, 2.05) is 0 Å². The maximum Gasteiger partial charge on any atom is 0.159 e. The van der Waals surface area contributed by atoms with Gasteiger partial charge < -0.3 is 5.11 Å². The van der Waals surface area contributed by atoms with Gasteiger partial charge in [-0.3, -0.25) is 4.79 Å². The molecule has 0 amide bonds. The Hall–Kier alpha value is -0.790. The van der Waals surface area contributed by atoms with Crippen LogP contribution in [0.5, 0.6) is 0 Å². The molecule has 0 bridgehead atoms. The molecule has 0 heterocycles. The summed E-state index contributed by atoms with van der Waals surface area (Å²) in [6.07, 6.45) is 2.71. The second kappa shape index (κ2) is 4.94. The van der Waals surface area contributed by atoms with Crippen LogP contribution in [0.2, 0.25) is 0 Å². The van der Waals surface area contributed by atoms with Gasteiger partial charge in [0.15, 0.2) is 5.78 Å². The lowest BCUT2D eigenvalue weighted by Crippen LogP contribution is -1.99. The number of hydrogen-bond acceptors (Lipinski definition) is 2. The summed E-state index contributed by atoms with van der Waals surface area (Å²) in [4.78, 5) is 10.9. The highest BCUT2D eigenvalue weighted by Crippen LogP contribution is 2.11. The first kappa shape index (κ1) is 10.2. The molecule has 0 aromatic carbocycles. The maximum absolute atomic E-state index is 10.9. The zero-order valence-electron chi connectivity index (χ0n) is 7.48. The first-order valence-electron chi connectivity index (χ1n) is 3.99. The molecule has 0 unspecified atom stereocenters. The Morgan fingerprint density at radius 2 is 1.91 bits per heavy atom. The van der Waals surface area contributed by atoms with E-state index in [2.05, 4.69) is 6.92 Å². The van der Waals surface area contributed by atoms with Gasteiger partial charge in [-0.1, -0.05) is 13.3 Å². The number of unbranched alkanes of at least 4 members (excludes halogenated alkanes) is 1. The molecule has 11 heavy (non-hydrogen) atoms. The van der Waals surface area contributed by atoms with Crippen LogP contribution >= 0.6 is 0 Å². The second-order valence-electron chi connectivity index (χ2n) is 2.72. The molecule has 1 N–H and O–H groups in total. The molecule has 64 valence electrons. The first-order valence-corrected chi connectivity index (χ1v) is 3.99. The molecule has 0 aromatic rings. The number of rotatable bonds is 4. The number of allylic oxidation sites excluding steroid dienone is 2. The highest BCUT2D eigenvalue weighted by atomic mass is 16.3. The molecule has 0 radical (unpaired) electrons. The van der Waals surface area contributed by atoms with Crippen molar-refractivity contribution >= 4 is 5.78 Å². The van der Waals surface area contributed by atoms with E-state index in [-0.39, 0.29) is 11.5 Å². The Balaban J connectivity index is 4.14. The summed E-state index contributed by atoms with van der Waals surface area (Å²) in [5.41, 5.74) is 0.576. The van der Waals surface area contributed by atoms with Crippen molar-refractivity contribution in [1.82, 2.24) is 0 Å². The highest BCUT2D eigenvalue weighted by molar-refractivity contribution is 5.93. The SMILES string of the molecule is CCCC/C(C(C)=O)=C(\C)O. The predicted molar refractivity (Wildman–Crippen MR) is 45.5 cm³/mol. The van der Waals surface area contributed by atoms with Gasteiger partial charge in [0.2, 0.25) is 0 Å². The van der Waals surface area contributed by atoms with Crippen LogP contribution in [0.1, 0.15) is 40.0 Å². The van der Waals surface area contributed by atoms with Crippen molar-refractivity contribution in [3.8, 4) is 0 Å². The Morgan fingerprint density at radius 3 is 2.18 bits per heavy atom. The minimum absolute atomic E-state index is 0.0153. The van der Waals surface area contributed by atoms with Crippen LogP contribution in [0.25, 0.3) is 0 Å². The molecule has 0 aliphatic carbocycles. The third-order valence-corrected chi connectivity index (χ3v) is 1.64. The van der Waals surface area contributed by atoms with Crippen molar-refractivity contribution in [3.05, 3.63) is 11.3 Å². The number of carbonyl (C=O) groups is 1. The maximum atomic E-state index is 10.9. The molecule has 0 aromatic heterocycles. The summed E-state index contributed by atoms with van der Waals surface area (Å²) in [7, 11) is 0. The fourth-order valence-electron chi connectivity index (χ4n) is 0.965. The smallest absolute Gasteiger partial charge is 0.159 e. The van der Waals surface area contributed by atoms with Crippen LogP contribution in [0.15, 0.2) is 11.3 Å². The number of carbonyl (C=O) groups excluding carboxylic acids is 1. The minimum Gasteiger partial charge on any atom is -0.512 e. The van der Waals surface area contributed by atoms with Crippen molar-refractivity contribution in [2.45, 2.75) is 40.0 Å². The number of hydrogen-bond donors (Lipinski definition) is 1. The molecule has 0 atom stereocenters. The van der Waals surface area contributed by atoms with E-state index >= 15 is 0 Å². The van der Waals surface area contributed by atoms with E-state index in [1.165, 1.54) is 6.92 Å². The van der Waals surface area contributed by atoms with Crippen LogP contribution in [0.3, 0.4) is 0 Å². The Labute approximate surface area is 67.9 Å². The fourth-order valence-corrected chi connectivity index (χ4v) is 0.965. The number of ketones is 1. The summed E-state index contributed by atoms with van der Waals surface area (Å²) >= 11 is 0. The number of aliphatic hydroxyl groups excluding tert-OH is 1. The van der Waals surface area contributed by atoms with E-state index in [1.54, 1.807) is 6.92 Å². The normalized spacial score (nSPS) is 12.6. The Morgan fingerprint density at radius 1 is 1.36 bits per heavy atom. The fraction of sp³-hybridized carbons (Fsp3) is 0.667. The topological polar surface area (TPSA) is 37.3 Å². The Bertz CT molecular complexity index is 164. The Kier molecular flexibility index (Phi) is 4.59. The molecule has 2 nitrogen and oxygen atoms in total. The van der Waals surface area contributed by atoms with Gasteiger partial charge in [0.1, 0.15) is 0 Å². The van der Waals surface area contributed by atoms with Gasteiger partial charge in [0.25, 0.3) is 0 Å². The molecular weight excluding hydrogens is 140 g/mol. The van der Waals surface area contributed by atoms with E-state index < -0.39 is 0 Å². The molecule has 0 saturated heterocycles. The molecular formula is C9H16O2. The number of Topliss-reactive ketones (excluding diaryl/α,β-unsaturated/α-hetero) is 1. The van der Waals surface area contributed by atoms with Crippen molar-refractivity contribution < 1.29 is 9.90 Å². The van der Waals surface area contributed by atoms with Crippen LogP contribution in [-0.2, 0) is 4.79 Å². The molecule has 0 rings (SSSR count). The van der Waals surface area contributed by atoms with Crippen molar-refractivity contribution in [2.24, 2.45) is 0 Å². The molecule has 2 heteroatoms. The summed E-state index contributed by atoms with van der Waals surface area (Å²) in [6, 6.07) is 0. The average molecular weight is 156 g/mol. The monoisotopic (exact) mass is 156 g/mol. The van der Waals surface area contributed by atoms with Crippen LogP contribution in [0.4, 0.5) is 0 Å². The van der Waals surface area contributed by atoms with Gasteiger partial charge in [-0.15, -0.1) is 0 Å². The van der Waals surface area contributed by atoms with Crippen molar-refractivity contribution in [3.63, 3.8) is 0 Å². The van der Waals surface area contributed by atoms with Crippen molar-refractivity contribution in [1.29, 1.82) is 0 Å². The minimum atomic E-state index is -0.0153. The zero-order valence-corrected chi connectivity index (χ0v) is 7.48. The quantitative estimate of drug-likeness (QED) is 0.501. The number of aliphatic hydroxyl groups is 1. The van der Waals surface area contributed by atoms with Gasteiger partial charge in [-0.25, -0.2) is 0 Å². The summed E-state index contributed by atoms with van der Waals surface area (Å²) in [5, 5.41) is 9.07. The highest BCUT2D eigenvalue weighted by Gasteiger charge is 2.06. The van der Waals surface area contributed by atoms with Gasteiger partial charge in [-0.2, -0.15) is 0 Å². The molecule has 0 spiro atoms. The summed E-state index contributed by atoms with van der Waals surface area (Å²) in [6.45, 7) is 5.11. The molecule has 0 aliphatic rings. The third-order valence-electron chi connectivity index (χ3n) is 1.64.